The van der Waals surface area contributed by atoms with Crippen molar-refractivity contribution < 1.29 is 24.2 Å². The lowest BCUT2D eigenvalue weighted by Gasteiger charge is -2.11. The summed E-state index contributed by atoms with van der Waals surface area (Å²) in [6.07, 6.45) is 1.72. The molecule has 32 heavy (non-hydrogen) atoms. The van der Waals surface area contributed by atoms with Gasteiger partial charge in [0.2, 0.25) is 5.91 Å². The largest absolute Gasteiger partial charge is 0.493 e. The van der Waals surface area contributed by atoms with Crippen LogP contribution in [0.1, 0.15) is 10.4 Å². The molecule has 1 amide bonds. The van der Waals surface area contributed by atoms with Crippen LogP contribution in [0, 0.1) is 0 Å². The molecule has 0 saturated carbocycles. The number of carbonyl (C=O) groups excluding carboxylic acids is 1. The molecular formula is C22H22N4O5S. The quantitative estimate of drug-likeness (QED) is 0.353. The van der Waals surface area contributed by atoms with Crippen LogP contribution in [0.15, 0.2) is 60.3 Å². The number of carboxylic acid groups (broad SMARTS) is 1. The predicted molar refractivity (Wildman–Crippen MR) is 122 cm³/mol. The lowest BCUT2D eigenvalue weighted by molar-refractivity contribution is -0.113. The summed E-state index contributed by atoms with van der Waals surface area (Å²) in [5.74, 6) is 0.610. The number of aromatic nitrogens is 3. The number of rotatable bonds is 10. The smallest absolute Gasteiger partial charge is 0.335 e. The number of hydrogen-bond acceptors (Lipinski definition) is 7. The van der Waals surface area contributed by atoms with E-state index in [1.54, 1.807) is 38.5 Å². The van der Waals surface area contributed by atoms with E-state index in [2.05, 4.69) is 22.1 Å². The third-order valence-corrected chi connectivity index (χ3v) is 5.38. The molecule has 1 aromatic heterocycles. The third-order valence-electron chi connectivity index (χ3n) is 4.42. The number of thioether (sulfide) groups is 1. The molecule has 0 spiro atoms. The minimum atomic E-state index is -1.02. The van der Waals surface area contributed by atoms with Crippen molar-refractivity contribution in [3.63, 3.8) is 0 Å². The van der Waals surface area contributed by atoms with E-state index in [4.69, 9.17) is 14.6 Å². The fourth-order valence-electron chi connectivity index (χ4n) is 2.90. The van der Waals surface area contributed by atoms with Crippen LogP contribution < -0.4 is 14.8 Å². The van der Waals surface area contributed by atoms with Crippen molar-refractivity contribution in [3.8, 4) is 22.9 Å². The Labute approximate surface area is 189 Å². The summed E-state index contributed by atoms with van der Waals surface area (Å²) < 4.78 is 12.5. The number of ether oxygens (including phenoxy) is 2. The maximum Gasteiger partial charge on any atom is 0.335 e. The first kappa shape index (κ1) is 22.9. The van der Waals surface area contributed by atoms with Gasteiger partial charge in [0.25, 0.3) is 0 Å². The normalized spacial score (nSPS) is 10.4. The van der Waals surface area contributed by atoms with Gasteiger partial charge in [0.15, 0.2) is 22.5 Å². The summed E-state index contributed by atoms with van der Waals surface area (Å²) in [5.41, 5.74) is 1.45. The van der Waals surface area contributed by atoms with E-state index in [0.717, 1.165) is 5.56 Å². The predicted octanol–water partition coefficient (Wildman–Crippen LogP) is 3.58. The van der Waals surface area contributed by atoms with E-state index < -0.39 is 5.97 Å². The van der Waals surface area contributed by atoms with Crippen molar-refractivity contribution in [2.75, 3.05) is 25.3 Å². The van der Waals surface area contributed by atoms with E-state index in [0.29, 0.717) is 34.7 Å². The molecule has 166 valence electrons. The summed E-state index contributed by atoms with van der Waals surface area (Å²) in [6, 6.07) is 11.4. The van der Waals surface area contributed by atoms with Gasteiger partial charge < -0.3 is 19.9 Å². The van der Waals surface area contributed by atoms with Gasteiger partial charge in [-0.15, -0.1) is 16.8 Å². The highest BCUT2D eigenvalue weighted by Crippen LogP contribution is 2.33. The molecule has 0 unspecified atom stereocenters. The van der Waals surface area contributed by atoms with Crippen LogP contribution in [0.5, 0.6) is 11.5 Å². The average molecular weight is 455 g/mol. The van der Waals surface area contributed by atoms with Gasteiger partial charge in [-0.05, 0) is 42.5 Å². The molecule has 0 bridgehead atoms. The molecule has 2 N–H and O–H groups in total. The molecule has 0 saturated heterocycles. The summed E-state index contributed by atoms with van der Waals surface area (Å²) in [5, 5.41) is 20.8. The van der Waals surface area contributed by atoms with Crippen molar-refractivity contribution in [2.45, 2.75) is 11.7 Å². The summed E-state index contributed by atoms with van der Waals surface area (Å²) >= 11 is 1.23. The number of aromatic carboxylic acids is 1. The van der Waals surface area contributed by atoms with E-state index in [9.17, 15) is 9.59 Å². The first-order valence-corrected chi connectivity index (χ1v) is 10.5. The van der Waals surface area contributed by atoms with Crippen molar-refractivity contribution in [2.24, 2.45) is 0 Å². The maximum atomic E-state index is 12.3. The van der Waals surface area contributed by atoms with Crippen LogP contribution in [0.4, 0.5) is 5.69 Å². The van der Waals surface area contributed by atoms with Gasteiger partial charge in [0.1, 0.15) is 0 Å². The van der Waals surface area contributed by atoms with E-state index in [-0.39, 0.29) is 17.2 Å². The number of carbonyl (C=O) groups is 2. The van der Waals surface area contributed by atoms with Gasteiger partial charge in [-0.1, -0.05) is 17.8 Å². The average Bonchev–Trinajstić information content (AvgIpc) is 3.20. The Balaban J connectivity index is 1.73. The van der Waals surface area contributed by atoms with Crippen LogP contribution in [0.25, 0.3) is 11.4 Å². The molecule has 2 aromatic carbocycles. The lowest BCUT2D eigenvalue weighted by atomic mass is 10.2. The molecule has 3 aromatic rings. The van der Waals surface area contributed by atoms with Gasteiger partial charge in [-0.3, -0.25) is 9.36 Å². The fourth-order valence-corrected chi connectivity index (χ4v) is 3.65. The van der Waals surface area contributed by atoms with Gasteiger partial charge in [0.05, 0.1) is 25.5 Å². The number of nitrogens with zero attached hydrogens (tertiary/aromatic N) is 3. The third kappa shape index (κ3) is 5.27. The Morgan fingerprint density at radius 2 is 1.84 bits per heavy atom. The second-order valence-corrected chi connectivity index (χ2v) is 7.44. The number of allylic oxidation sites excluding steroid dienone is 1. The molecule has 0 fully saturated rings. The highest BCUT2D eigenvalue weighted by Gasteiger charge is 2.17. The first-order valence-electron chi connectivity index (χ1n) is 9.49. The molecule has 0 atom stereocenters. The number of amides is 1. The number of carboxylic acids is 1. The Morgan fingerprint density at radius 3 is 2.47 bits per heavy atom. The van der Waals surface area contributed by atoms with Crippen molar-refractivity contribution >= 4 is 29.3 Å². The lowest BCUT2D eigenvalue weighted by Crippen LogP contribution is -2.14. The number of hydrogen-bond donors (Lipinski definition) is 2. The summed E-state index contributed by atoms with van der Waals surface area (Å²) in [6.45, 7) is 4.25. The van der Waals surface area contributed by atoms with Crippen molar-refractivity contribution in [1.82, 2.24) is 14.8 Å². The fraction of sp³-hybridized carbons (Fsp3) is 0.182. The Kier molecular flexibility index (Phi) is 7.50. The monoisotopic (exact) mass is 454 g/mol. The minimum Gasteiger partial charge on any atom is -0.493 e. The minimum absolute atomic E-state index is 0.0991. The second-order valence-electron chi connectivity index (χ2n) is 6.49. The topological polar surface area (TPSA) is 116 Å². The molecule has 0 radical (unpaired) electrons. The number of benzene rings is 2. The first-order chi connectivity index (χ1) is 15.5. The SMILES string of the molecule is C=CCn1c(SCC(=O)Nc2ccc(C(=O)O)cc2)nnc1-c1ccc(OC)c(OC)c1. The van der Waals surface area contributed by atoms with Crippen LogP contribution in [0.2, 0.25) is 0 Å². The zero-order valence-corrected chi connectivity index (χ0v) is 18.4. The van der Waals surface area contributed by atoms with Crippen LogP contribution in [-0.2, 0) is 11.3 Å². The Hall–Kier alpha value is -3.79. The highest BCUT2D eigenvalue weighted by atomic mass is 32.2. The van der Waals surface area contributed by atoms with Crippen molar-refractivity contribution in [3.05, 3.63) is 60.7 Å². The number of methoxy groups -OCH3 is 2. The summed E-state index contributed by atoms with van der Waals surface area (Å²) in [7, 11) is 3.13. The van der Waals surface area contributed by atoms with E-state index in [1.165, 1.54) is 23.9 Å². The maximum absolute atomic E-state index is 12.3. The molecule has 3 rings (SSSR count). The van der Waals surface area contributed by atoms with Crippen LogP contribution in [-0.4, -0.2) is 51.7 Å². The Bertz CT molecular complexity index is 1130. The van der Waals surface area contributed by atoms with Gasteiger partial charge in [-0.2, -0.15) is 0 Å². The molecule has 0 aliphatic carbocycles. The zero-order chi connectivity index (χ0) is 23.1. The van der Waals surface area contributed by atoms with Gasteiger partial charge in [-0.25, -0.2) is 4.79 Å². The molecule has 9 nitrogen and oxygen atoms in total. The molecule has 10 heteroatoms. The number of nitrogens with one attached hydrogen (secondary N) is 1. The molecular weight excluding hydrogens is 432 g/mol. The molecule has 0 aliphatic heterocycles. The highest BCUT2D eigenvalue weighted by molar-refractivity contribution is 7.99. The second kappa shape index (κ2) is 10.5. The van der Waals surface area contributed by atoms with Gasteiger partial charge >= 0.3 is 5.97 Å². The zero-order valence-electron chi connectivity index (χ0n) is 17.6. The van der Waals surface area contributed by atoms with Gasteiger partial charge in [0, 0.05) is 17.8 Å². The van der Waals surface area contributed by atoms with Crippen LogP contribution >= 0.6 is 11.8 Å². The van der Waals surface area contributed by atoms with E-state index in [1.807, 2.05) is 16.7 Å². The summed E-state index contributed by atoms with van der Waals surface area (Å²) in [4.78, 5) is 23.3. The number of anilines is 1. The van der Waals surface area contributed by atoms with Crippen molar-refractivity contribution in [1.29, 1.82) is 0 Å². The Morgan fingerprint density at radius 1 is 1.12 bits per heavy atom. The van der Waals surface area contributed by atoms with Crippen LogP contribution in [0.3, 0.4) is 0 Å². The molecule has 0 aliphatic rings. The standard InChI is InChI=1S/C22H22N4O5S/c1-4-11-26-20(15-7-10-17(30-2)18(12-15)31-3)24-25-22(26)32-13-19(27)23-16-8-5-14(6-9-16)21(28)29/h4-10,12H,1,11,13H2,2-3H3,(H,23,27)(H,28,29). The van der Waals surface area contributed by atoms with E-state index >= 15 is 0 Å². The molecule has 1 heterocycles.